The molecule has 2 nitrogen and oxygen atoms in total. The molecule has 0 N–H and O–H groups in total. The van der Waals surface area contributed by atoms with Crippen molar-refractivity contribution in [1.29, 1.82) is 0 Å². The van der Waals surface area contributed by atoms with Crippen molar-refractivity contribution < 1.29 is 9.53 Å². The molecule has 0 radical (unpaired) electrons. The Kier molecular flexibility index (Phi) is 4.23. The van der Waals surface area contributed by atoms with Crippen LogP contribution in [0.15, 0.2) is 40.9 Å². The van der Waals surface area contributed by atoms with Gasteiger partial charge >= 0.3 is 5.97 Å². The van der Waals surface area contributed by atoms with Crippen LogP contribution in [0.2, 0.25) is 0 Å². The smallest absolute Gasteiger partial charge is 0.315 e. The minimum absolute atomic E-state index is 0.130. The minimum Gasteiger partial charge on any atom is -0.468 e. The summed E-state index contributed by atoms with van der Waals surface area (Å²) in [5, 5.41) is 0. The lowest BCUT2D eigenvalue weighted by atomic mass is 9.74. The molecule has 0 amide bonds. The quantitative estimate of drug-likeness (QED) is 0.625. The molecule has 0 heterocycles. The van der Waals surface area contributed by atoms with E-state index in [2.05, 4.69) is 28.1 Å². The molecule has 0 aliphatic heterocycles. The molecule has 0 saturated carbocycles. The minimum atomic E-state index is -0.489. The van der Waals surface area contributed by atoms with E-state index in [9.17, 15) is 4.79 Å². The lowest BCUT2D eigenvalue weighted by Crippen LogP contribution is -2.34. The standard InChI is InChI=1S/C15H17BrO2/c1-18-14(17)15(9-5-2-6-10-15)11-12-7-3-4-8-13(12)16/h3-5,7-9H,2,6,10-11H2,1H3. The predicted molar refractivity (Wildman–Crippen MR) is 75.3 cm³/mol. The number of esters is 1. The SMILES string of the molecule is COC(=O)C1(Cc2ccccc2Br)C=CCCC1. The molecule has 3 heteroatoms. The monoisotopic (exact) mass is 308 g/mol. The average molecular weight is 309 g/mol. The zero-order valence-corrected chi connectivity index (χ0v) is 12.1. The van der Waals surface area contributed by atoms with Crippen LogP contribution in [0.4, 0.5) is 0 Å². The zero-order valence-electron chi connectivity index (χ0n) is 10.5. The van der Waals surface area contributed by atoms with Gasteiger partial charge in [0.15, 0.2) is 0 Å². The van der Waals surface area contributed by atoms with Crippen molar-refractivity contribution in [2.75, 3.05) is 7.11 Å². The number of benzene rings is 1. The van der Waals surface area contributed by atoms with Gasteiger partial charge in [-0.3, -0.25) is 4.79 Å². The Morgan fingerprint density at radius 1 is 1.44 bits per heavy atom. The molecule has 2 rings (SSSR count). The van der Waals surface area contributed by atoms with Crippen LogP contribution in [-0.4, -0.2) is 13.1 Å². The van der Waals surface area contributed by atoms with Crippen LogP contribution in [0.25, 0.3) is 0 Å². The Morgan fingerprint density at radius 2 is 2.22 bits per heavy atom. The van der Waals surface area contributed by atoms with E-state index in [4.69, 9.17) is 4.74 Å². The molecule has 96 valence electrons. The number of allylic oxidation sites excluding steroid dienone is 1. The normalized spacial score (nSPS) is 22.8. The third-order valence-corrected chi connectivity index (χ3v) is 4.26. The van der Waals surface area contributed by atoms with E-state index in [0.717, 1.165) is 29.3 Å². The van der Waals surface area contributed by atoms with E-state index >= 15 is 0 Å². The van der Waals surface area contributed by atoms with Crippen molar-refractivity contribution in [3.8, 4) is 0 Å². The van der Waals surface area contributed by atoms with Gasteiger partial charge in [-0.2, -0.15) is 0 Å². The number of rotatable bonds is 3. The Hall–Kier alpha value is -1.09. The van der Waals surface area contributed by atoms with Crippen molar-refractivity contribution in [2.45, 2.75) is 25.7 Å². The first-order valence-electron chi connectivity index (χ1n) is 6.17. The zero-order chi connectivity index (χ0) is 13.0. The van der Waals surface area contributed by atoms with Gasteiger partial charge in [-0.05, 0) is 37.3 Å². The second kappa shape index (κ2) is 5.70. The van der Waals surface area contributed by atoms with Crippen LogP contribution in [0.1, 0.15) is 24.8 Å². The van der Waals surface area contributed by atoms with Crippen LogP contribution >= 0.6 is 15.9 Å². The molecule has 1 aromatic carbocycles. The summed E-state index contributed by atoms with van der Waals surface area (Å²) in [6.45, 7) is 0. The van der Waals surface area contributed by atoms with E-state index in [0.29, 0.717) is 6.42 Å². The van der Waals surface area contributed by atoms with Gasteiger partial charge in [-0.25, -0.2) is 0 Å². The highest BCUT2D eigenvalue weighted by atomic mass is 79.9. The number of carbonyl (C=O) groups excluding carboxylic acids is 1. The summed E-state index contributed by atoms with van der Waals surface area (Å²) >= 11 is 3.54. The Balaban J connectivity index is 2.31. The fraction of sp³-hybridized carbons (Fsp3) is 0.400. The summed E-state index contributed by atoms with van der Waals surface area (Å²) in [5.74, 6) is -0.130. The predicted octanol–water partition coefficient (Wildman–Crippen LogP) is 3.89. The Morgan fingerprint density at radius 3 is 2.83 bits per heavy atom. The highest BCUT2D eigenvalue weighted by Gasteiger charge is 2.38. The molecule has 0 spiro atoms. The summed E-state index contributed by atoms with van der Waals surface area (Å²) in [6.07, 6.45) is 7.76. The largest absolute Gasteiger partial charge is 0.468 e. The van der Waals surface area contributed by atoms with Crippen LogP contribution in [-0.2, 0) is 16.0 Å². The Labute approximate surface area is 116 Å². The highest BCUT2D eigenvalue weighted by Crippen LogP contribution is 2.37. The van der Waals surface area contributed by atoms with E-state index < -0.39 is 5.41 Å². The van der Waals surface area contributed by atoms with E-state index in [-0.39, 0.29) is 5.97 Å². The van der Waals surface area contributed by atoms with E-state index in [1.165, 1.54) is 7.11 Å². The second-order valence-corrected chi connectivity index (χ2v) is 5.56. The maximum atomic E-state index is 12.1. The van der Waals surface area contributed by atoms with Gasteiger partial charge in [-0.1, -0.05) is 46.3 Å². The summed E-state index contributed by atoms with van der Waals surface area (Å²) < 4.78 is 6.05. The van der Waals surface area contributed by atoms with Crippen LogP contribution in [0.3, 0.4) is 0 Å². The van der Waals surface area contributed by atoms with Gasteiger partial charge in [0.05, 0.1) is 12.5 Å². The van der Waals surface area contributed by atoms with Crippen molar-refractivity contribution in [1.82, 2.24) is 0 Å². The molecule has 18 heavy (non-hydrogen) atoms. The van der Waals surface area contributed by atoms with Crippen LogP contribution in [0.5, 0.6) is 0 Å². The van der Waals surface area contributed by atoms with E-state index in [1.54, 1.807) is 0 Å². The third-order valence-electron chi connectivity index (χ3n) is 3.49. The average Bonchev–Trinajstić information content (AvgIpc) is 2.41. The second-order valence-electron chi connectivity index (χ2n) is 4.71. The van der Waals surface area contributed by atoms with Crippen LogP contribution < -0.4 is 0 Å². The lowest BCUT2D eigenvalue weighted by molar-refractivity contribution is -0.150. The molecule has 1 aliphatic rings. The number of methoxy groups -OCH3 is 1. The van der Waals surface area contributed by atoms with Crippen molar-refractivity contribution in [3.63, 3.8) is 0 Å². The highest BCUT2D eigenvalue weighted by molar-refractivity contribution is 9.10. The number of halogens is 1. The molecule has 1 aromatic rings. The molecule has 1 unspecified atom stereocenters. The number of hydrogen-bond acceptors (Lipinski definition) is 2. The lowest BCUT2D eigenvalue weighted by Gasteiger charge is -2.30. The molecule has 1 atom stereocenters. The summed E-state index contributed by atoms with van der Waals surface area (Å²) in [6, 6.07) is 8.04. The van der Waals surface area contributed by atoms with Gasteiger partial charge < -0.3 is 4.74 Å². The fourth-order valence-corrected chi connectivity index (χ4v) is 2.93. The summed E-state index contributed by atoms with van der Waals surface area (Å²) in [7, 11) is 1.46. The van der Waals surface area contributed by atoms with Crippen molar-refractivity contribution >= 4 is 21.9 Å². The fourth-order valence-electron chi connectivity index (χ4n) is 2.50. The number of hydrogen-bond donors (Lipinski definition) is 0. The van der Waals surface area contributed by atoms with Gasteiger partial charge in [0.2, 0.25) is 0 Å². The molecule has 0 bridgehead atoms. The van der Waals surface area contributed by atoms with Gasteiger partial charge in [0.25, 0.3) is 0 Å². The van der Waals surface area contributed by atoms with Crippen molar-refractivity contribution in [3.05, 3.63) is 46.5 Å². The number of carbonyl (C=O) groups is 1. The topological polar surface area (TPSA) is 26.3 Å². The van der Waals surface area contributed by atoms with Gasteiger partial charge in [0, 0.05) is 4.47 Å². The first kappa shape index (κ1) is 13.3. The number of ether oxygens (including phenoxy) is 1. The molecule has 0 saturated heterocycles. The van der Waals surface area contributed by atoms with Crippen molar-refractivity contribution in [2.24, 2.45) is 5.41 Å². The molecular formula is C15H17BrO2. The van der Waals surface area contributed by atoms with E-state index in [1.807, 2.05) is 24.3 Å². The summed E-state index contributed by atoms with van der Waals surface area (Å²) in [5.41, 5.74) is 0.658. The summed E-state index contributed by atoms with van der Waals surface area (Å²) in [4.78, 5) is 12.1. The first-order valence-corrected chi connectivity index (χ1v) is 6.97. The maximum absolute atomic E-state index is 12.1. The molecule has 0 fully saturated rings. The maximum Gasteiger partial charge on any atom is 0.315 e. The first-order chi connectivity index (χ1) is 8.68. The molecule has 1 aliphatic carbocycles. The third kappa shape index (κ3) is 2.66. The van der Waals surface area contributed by atoms with Crippen LogP contribution in [0, 0.1) is 5.41 Å². The van der Waals surface area contributed by atoms with Gasteiger partial charge in [0.1, 0.15) is 0 Å². The molecule has 0 aromatic heterocycles. The molecular weight excluding hydrogens is 292 g/mol. The van der Waals surface area contributed by atoms with Gasteiger partial charge in [-0.15, -0.1) is 0 Å². The Bertz CT molecular complexity index is 467.